The van der Waals surface area contributed by atoms with Crippen LogP contribution in [0, 0.1) is 0 Å². The third-order valence-electron chi connectivity index (χ3n) is 4.58. The Labute approximate surface area is 189 Å². The summed E-state index contributed by atoms with van der Waals surface area (Å²) in [7, 11) is 0. The van der Waals surface area contributed by atoms with Crippen LogP contribution >= 0.6 is 11.8 Å². The van der Waals surface area contributed by atoms with E-state index in [9.17, 15) is 14.4 Å². The maximum Gasteiger partial charge on any atom is 0.343 e. The zero-order valence-corrected chi connectivity index (χ0v) is 17.8. The molecular formula is C25H19NO5S. The van der Waals surface area contributed by atoms with Crippen molar-refractivity contribution in [2.24, 2.45) is 0 Å². The first-order valence-corrected chi connectivity index (χ1v) is 10.7. The lowest BCUT2D eigenvalue weighted by molar-refractivity contribution is -0.123. The summed E-state index contributed by atoms with van der Waals surface area (Å²) in [6.07, 6.45) is 1.61. The molecule has 0 atom stereocenters. The van der Waals surface area contributed by atoms with Crippen molar-refractivity contribution in [3.8, 4) is 11.5 Å². The molecule has 0 unspecified atom stereocenters. The van der Waals surface area contributed by atoms with E-state index in [4.69, 9.17) is 9.47 Å². The number of amides is 2. The van der Waals surface area contributed by atoms with Crippen LogP contribution in [-0.2, 0) is 4.79 Å². The molecule has 1 aliphatic heterocycles. The Balaban J connectivity index is 1.40. The van der Waals surface area contributed by atoms with Crippen LogP contribution in [0.1, 0.15) is 15.9 Å². The number of imide groups is 1. The lowest BCUT2D eigenvalue weighted by Gasteiger charge is -2.13. The molecule has 1 fully saturated rings. The molecule has 0 bridgehead atoms. The minimum atomic E-state index is -0.471. The molecule has 4 rings (SSSR count). The Morgan fingerprint density at radius 1 is 0.875 bits per heavy atom. The van der Waals surface area contributed by atoms with Crippen molar-refractivity contribution in [1.29, 1.82) is 0 Å². The number of hydrogen-bond donors (Lipinski definition) is 0. The molecule has 1 heterocycles. The average Bonchev–Trinajstić information content (AvgIpc) is 3.08. The fourth-order valence-corrected chi connectivity index (χ4v) is 3.89. The summed E-state index contributed by atoms with van der Waals surface area (Å²) in [4.78, 5) is 38.7. The van der Waals surface area contributed by atoms with Crippen molar-refractivity contribution in [3.63, 3.8) is 0 Å². The average molecular weight is 445 g/mol. The Bertz CT molecular complexity index is 1160. The highest BCUT2D eigenvalue weighted by atomic mass is 32.2. The highest BCUT2D eigenvalue weighted by Crippen LogP contribution is 2.32. The van der Waals surface area contributed by atoms with E-state index in [2.05, 4.69) is 0 Å². The molecule has 160 valence electrons. The van der Waals surface area contributed by atoms with Gasteiger partial charge in [0.25, 0.3) is 11.1 Å². The molecule has 3 aromatic carbocycles. The second-order valence-electron chi connectivity index (χ2n) is 6.82. The first-order valence-electron chi connectivity index (χ1n) is 9.91. The molecule has 1 aliphatic rings. The molecule has 0 spiro atoms. The Hall–Kier alpha value is -3.84. The predicted octanol–water partition coefficient (Wildman–Crippen LogP) is 5.02. The summed E-state index contributed by atoms with van der Waals surface area (Å²) >= 11 is 0.875. The minimum Gasteiger partial charge on any atom is -0.492 e. The SMILES string of the molecule is O=C(Oc1cccc(/C=C2\SC(=O)N(CCOc3ccccc3)C2=O)c1)c1ccccc1. The zero-order chi connectivity index (χ0) is 22.3. The van der Waals surface area contributed by atoms with Crippen molar-refractivity contribution in [1.82, 2.24) is 4.90 Å². The molecule has 0 aromatic heterocycles. The molecule has 3 aromatic rings. The Morgan fingerprint density at radius 3 is 2.31 bits per heavy atom. The number of esters is 1. The van der Waals surface area contributed by atoms with Gasteiger partial charge in [-0.15, -0.1) is 0 Å². The largest absolute Gasteiger partial charge is 0.492 e. The number of hydrogen-bond acceptors (Lipinski definition) is 6. The van der Waals surface area contributed by atoms with E-state index in [-0.39, 0.29) is 24.3 Å². The summed E-state index contributed by atoms with van der Waals surface area (Å²) in [6, 6.07) is 24.7. The van der Waals surface area contributed by atoms with Gasteiger partial charge in [0, 0.05) is 0 Å². The zero-order valence-electron chi connectivity index (χ0n) is 17.0. The molecule has 0 radical (unpaired) electrons. The number of ether oxygens (including phenoxy) is 2. The lowest BCUT2D eigenvalue weighted by atomic mass is 10.2. The molecule has 1 saturated heterocycles. The Morgan fingerprint density at radius 2 is 1.56 bits per heavy atom. The monoisotopic (exact) mass is 445 g/mol. The number of para-hydroxylation sites is 1. The lowest BCUT2D eigenvalue weighted by Crippen LogP contribution is -2.32. The van der Waals surface area contributed by atoms with Gasteiger partial charge in [-0.1, -0.05) is 48.5 Å². The van der Waals surface area contributed by atoms with Gasteiger partial charge in [0.15, 0.2) is 0 Å². The van der Waals surface area contributed by atoms with Crippen molar-refractivity contribution in [2.45, 2.75) is 0 Å². The van der Waals surface area contributed by atoms with Gasteiger partial charge in [0.05, 0.1) is 17.0 Å². The van der Waals surface area contributed by atoms with E-state index in [0.717, 1.165) is 11.8 Å². The quantitative estimate of drug-likeness (QED) is 0.289. The van der Waals surface area contributed by atoms with Crippen molar-refractivity contribution < 1.29 is 23.9 Å². The van der Waals surface area contributed by atoms with Crippen LogP contribution in [0.3, 0.4) is 0 Å². The standard InChI is InChI=1S/C25H19NO5S/c27-23-22(32-25(29)26(23)14-15-30-20-11-5-2-6-12-20)17-18-8-7-13-21(16-18)31-24(28)19-9-3-1-4-10-19/h1-13,16-17H,14-15H2/b22-17-. The normalized spacial score (nSPS) is 14.6. The van der Waals surface area contributed by atoms with Crippen LogP contribution in [0.25, 0.3) is 6.08 Å². The van der Waals surface area contributed by atoms with Crippen LogP contribution in [0.4, 0.5) is 4.79 Å². The first-order chi connectivity index (χ1) is 15.6. The Kier molecular flexibility index (Phi) is 6.67. The van der Waals surface area contributed by atoms with Crippen molar-refractivity contribution >= 4 is 35.0 Å². The summed E-state index contributed by atoms with van der Waals surface area (Å²) in [5.74, 6) is 0.185. The van der Waals surface area contributed by atoms with Crippen LogP contribution in [-0.4, -0.2) is 35.2 Å². The first kappa shape index (κ1) is 21.4. The maximum atomic E-state index is 12.7. The molecule has 6 nitrogen and oxygen atoms in total. The summed E-state index contributed by atoms with van der Waals surface area (Å²) in [5, 5.41) is -0.343. The molecule has 0 aliphatic carbocycles. The minimum absolute atomic E-state index is 0.158. The highest BCUT2D eigenvalue weighted by molar-refractivity contribution is 8.18. The molecule has 2 amide bonds. The van der Waals surface area contributed by atoms with Gasteiger partial charge < -0.3 is 9.47 Å². The second kappa shape index (κ2) is 9.98. The van der Waals surface area contributed by atoms with Crippen LogP contribution in [0.2, 0.25) is 0 Å². The molecule has 0 saturated carbocycles. The molecule has 32 heavy (non-hydrogen) atoms. The molecule has 0 N–H and O–H groups in total. The molecule has 7 heteroatoms. The second-order valence-corrected chi connectivity index (χ2v) is 7.82. The fourth-order valence-electron chi connectivity index (χ4n) is 3.02. The van der Waals surface area contributed by atoms with E-state index >= 15 is 0 Å². The fraction of sp³-hybridized carbons (Fsp3) is 0.0800. The summed E-state index contributed by atoms with van der Waals surface area (Å²) in [5.41, 5.74) is 1.09. The number of benzene rings is 3. The van der Waals surface area contributed by atoms with E-state index in [1.165, 1.54) is 4.90 Å². The summed E-state index contributed by atoms with van der Waals surface area (Å²) < 4.78 is 11.0. The van der Waals surface area contributed by atoms with Crippen molar-refractivity contribution in [2.75, 3.05) is 13.2 Å². The van der Waals surface area contributed by atoms with E-state index in [1.807, 2.05) is 36.4 Å². The third kappa shape index (κ3) is 5.25. The molecular weight excluding hydrogens is 426 g/mol. The van der Waals surface area contributed by atoms with Crippen LogP contribution in [0.15, 0.2) is 89.8 Å². The van der Waals surface area contributed by atoms with E-state index in [0.29, 0.717) is 27.5 Å². The van der Waals surface area contributed by atoms with E-state index in [1.54, 1.807) is 54.6 Å². The maximum absolute atomic E-state index is 12.7. The number of thioether (sulfide) groups is 1. The third-order valence-corrected chi connectivity index (χ3v) is 5.48. The van der Waals surface area contributed by atoms with Crippen molar-refractivity contribution in [3.05, 3.63) is 101 Å². The number of carbonyl (C=O) groups is 3. The van der Waals surface area contributed by atoms with Gasteiger partial charge in [-0.3, -0.25) is 14.5 Å². The van der Waals surface area contributed by atoms with Gasteiger partial charge in [-0.2, -0.15) is 0 Å². The summed E-state index contributed by atoms with van der Waals surface area (Å²) in [6.45, 7) is 0.367. The van der Waals surface area contributed by atoms with E-state index < -0.39 is 5.97 Å². The van der Waals surface area contributed by atoms with Crippen LogP contribution in [0.5, 0.6) is 11.5 Å². The number of rotatable bonds is 7. The smallest absolute Gasteiger partial charge is 0.343 e. The van der Waals surface area contributed by atoms with Gasteiger partial charge >= 0.3 is 5.97 Å². The van der Waals surface area contributed by atoms with Crippen LogP contribution < -0.4 is 9.47 Å². The van der Waals surface area contributed by atoms with Gasteiger partial charge in [0.1, 0.15) is 18.1 Å². The number of carbonyl (C=O) groups excluding carboxylic acids is 3. The number of nitrogens with zero attached hydrogens (tertiary/aromatic N) is 1. The highest BCUT2D eigenvalue weighted by Gasteiger charge is 2.34. The van der Waals surface area contributed by atoms with Gasteiger partial charge in [-0.05, 0) is 59.8 Å². The van der Waals surface area contributed by atoms with Gasteiger partial charge in [-0.25, -0.2) is 4.79 Å². The topological polar surface area (TPSA) is 72.9 Å². The van der Waals surface area contributed by atoms with Gasteiger partial charge in [0.2, 0.25) is 0 Å². The predicted molar refractivity (Wildman–Crippen MR) is 122 cm³/mol.